The van der Waals surface area contributed by atoms with Crippen LogP contribution in [0.5, 0.6) is 0 Å². The Morgan fingerprint density at radius 2 is 2.05 bits per heavy atom. The molecule has 0 radical (unpaired) electrons. The van der Waals surface area contributed by atoms with Crippen molar-refractivity contribution in [3.8, 4) is 0 Å². The topological polar surface area (TPSA) is 57.6 Å². The summed E-state index contributed by atoms with van der Waals surface area (Å²) >= 11 is 1.42. The number of nitrogens with zero attached hydrogens (tertiary/aromatic N) is 1. The molecule has 1 heterocycles. The molecule has 6 heteroatoms. The van der Waals surface area contributed by atoms with E-state index in [4.69, 9.17) is 0 Å². The van der Waals surface area contributed by atoms with Crippen LogP contribution in [0.1, 0.15) is 22.1 Å². The molecule has 4 nitrogen and oxygen atoms in total. The van der Waals surface area contributed by atoms with E-state index in [1.807, 2.05) is 36.6 Å². The van der Waals surface area contributed by atoms with Crippen molar-refractivity contribution >= 4 is 21.4 Å². The number of sulfonamides is 1. The number of aryl methyl sites for hydroxylation is 1. The van der Waals surface area contributed by atoms with Crippen LogP contribution in [-0.2, 0) is 15.8 Å². The van der Waals surface area contributed by atoms with Crippen molar-refractivity contribution in [2.75, 3.05) is 13.6 Å². The van der Waals surface area contributed by atoms with Crippen LogP contribution in [-0.4, -0.2) is 31.4 Å². The number of benzene rings is 1. The number of hydrogen-bond acceptors (Lipinski definition) is 4. The number of aliphatic hydroxyl groups excluding tert-OH is 1. The van der Waals surface area contributed by atoms with Gasteiger partial charge in [-0.15, -0.1) is 11.3 Å². The van der Waals surface area contributed by atoms with Crippen LogP contribution in [0.25, 0.3) is 0 Å². The predicted molar refractivity (Wildman–Crippen MR) is 85.7 cm³/mol. The number of likely N-dealkylation sites (N-methyl/N-ethyl adjacent to an activating group) is 1. The van der Waals surface area contributed by atoms with Crippen molar-refractivity contribution in [3.63, 3.8) is 0 Å². The summed E-state index contributed by atoms with van der Waals surface area (Å²) in [5, 5.41) is 11.9. The summed E-state index contributed by atoms with van der Waals surface area (Å²) in [6.45, 7) is 2.00. The normalized spacial score (nSPS) is 13.5. The first-order valence-electron chi connectivity index (χ1n) is 6.59. The van der Waals surface area contributed by atoms with Crippen molar-refractivity contribution in [1.29, 1.82) is 0 Å². The lowest BCUT2D eigenvalue weighted by Crippen LogP contribution is -2.32. The molecule has 2 aromatic rings. The van der Waals surface area contributed by atoms with E-state index in [9.17, 15) is 13.5 Å². The Morgan fingerprint density at radius 1 is 1.29 bits per heavy atom. The Morgan fingerprint density at radius 3 is 2.67 bits per heavy atom. The summed E-state index contributed by atoms with van der Waals surface area (Å²) in [7, 11) is -1.94. The second kappa shape index (κ2) is 6.70. The lowest BCUT2D eigenvalue weighted by Gasteiger charge is -2.20. The van der Waals surface area contributed by atoms with E-state index < -0.39 is 16.1 Å². The molecular formula is C15H19NO3S2. The molecule has 1 aromatic carbocycles. The third-order valence-electron chi connectivity index (χ3n) is 3.21. The van der Waals surface area contributed by atoms with Crippen LogP contribution in [0.3, 0.4) is 0 Å². The lowest BCUT2D eigenvalue weighted by molar-refractivity contribution is 0.158. The van der Waals surface area contributed by atoms with Gasteiger partial charge in [0.1, 0.15) is 6.10 Å². The van der Waals surface area contributed by atoms with Crippen LogP contribution < -0.4 is 0 Å². The van der Waals surface area contributed by atoms with Gasteiger partial charge in [0.25, 0.3) is 0 Å². The molecule has 0 fully saturated rings. The number of hydrogen-bond donors (Lipinski definition) is 1. The third-order valence-corrected chi connectivity index (χ3v) is 5.98. The van der Waals surface area contributed by atoms with Gasteiger partial charge in [-0.3, -0.25) is 0 Å². The van der Waals surface area contributed by atoms with Gasteiger partial charge >= 0.3 is 0 Å². The molecule has 1 aromatic heterocycles. The molecule has 1 atom stereocenters. The maximum atomic E-state index is 12.3. The predicted octanol–water partition coefficient (Wildman–Crippen LogP) is 2.55. The maximum absolute atomic E-state index is 12.3. The average Bonchev–Trinajstić information content (AvgIpc) is 2.91. The van der Waals surface area contributed by atoms with Gasteiger partial charge in [0.05, 0.1) is 5.75 Å². The van der Waals surface area contributed by atoms with Crippen molar-refractivity contribution in [2.45, 2.75) is 18.8 Å². The van der Waals surface area contributed by atoms with Gasteiger partial charge in [-0.2, -0.15) is 0 Å². The zero-order valence-corrected chi connectivity index (χ0v) is 13.7. The summed E-state index contributed by atoms with van der Waals surface area (Å²) in [4.78, 5) is 0.771. The highest BCUT2D eigenvalue weighted by Crippen LogP contribution is 2.21. The average molecular weight is 325 g/mol. The van der Waals surface area contributed by atoms with E-state index in [0.29, 0.717) is 0 Å². The summed E-state index contributed by atoms with van der Waals surface area (Å²) in [5.41, 5.74) is 1.79. The van der Waals surface area contributed by atoms with E-state index in [0.717, 1.165) is 16.0 Å². The molecule has 2 rings (SSSR count). The smallest absolute Gasteiger partial charge is 0.218 e. The van der Waals surface area contributed by atoms with Crippen molar-refractivity contribution in [3.05, 3.63) is 57.8 Å². The highest BCUT2D eigenvalue weighted by Gasteiger charge is 2.22. The van der Waals surface area contributed by atoms with E-state index in [1.54, 1.807) is 12.1 Å². The van der Waals surface area contributed by atoms with Gasteiger partial charge in [0, 0.05) is 18.5 Å². The van der Waals surface area contributed by atoms with Gasteiger partial charge in [0.2, 0.25) is 10.0 Å². The first kappa shape index (κ1) is 16.2. The van der Waals surface area contributed by atoms with Gasteiger partial charge < -0.3 is 5.11 Å². The molecule has 0 spiro atoms. The van der Waals surface area contributed by atoms with E-state index in [2.05, 4.69) is 0 Å². The molecule has 0 aliphatic carbocycles. The monoisotopic (exact) mass is 325 g/mol. The van der Waals surface area contributed by atoms with Gasteiger partial charge in [-0.25, -0.2) is 12.7 Å². The Bertz CT molecular complexity index is 681. The Balaban J connectivity index is 2.05. The van der Waals surface area contributed by atoms with Gasteiger partial charge in [-0.1, -0.05) is 35.9 Å². The minimum Gasteiger partial charge on any atom is -0.386 e. The molecular weight excluding hydrogens is 306 g/mol. The van der Waals surface area contributed by atoms with Crippen LogP contribution in [0.4, 0.5) is 0 Å². The van der Waals surface area contributed by atoms with Crippen molar-refractivity contribution in [2.24, 2.45) is 0 Å². The molecule has 0 saturated heterocycles. The van der Waals surface area contributed by atoms with Crippen LogP contribution in [0, 0.1) is 6.92 Å². The molecule has 0 saturated carbocycles. The van der Waals surface area contributed by atoms with Crippen LogP contribution >= 0.6 is 11.3 Å². The fourth-order valence-corrected chi connectivity index (χ4v) is 3.94. The SMILES string of the molecule is Cc1cccc(CS(=O)(=O)N(C)CC(O)c2cccs2)c1. The quantitative estimate of drug-likeness (QED) is 0.888. The fraction of sp³-hybridized carbons (Fsp3) is 0.333. The number of rotatable bonds is 6. The van der Waals surface area contributed by atoms with E-state index in [1.165, 1.54) is 22.7 Å². The first-order valence-corrected chi connectivity index (χ1v) is 9.08. The van der Waals surface area contributed by atoms with Crippen molar-refractivity contribution in [1.82, 2.24) is 4.31 Å². The number of thiophene rings is 1. The molecule has 114 valence electrons. The molecule has 0 bridgehead atoms. The summed E-state index contributed by atoms with van der Waals surface area (Å²) in [6, 6.07) is 11.1. The summed E-state index contributed by atoms with van der Waals surface area (Å²) in [6.07, 6.45) is -0.790. The summed E-state index contributed by atoms with van der Waals surface area (Å²) < 4.78 is 25.9. The zero-order valence-electron chi connectivity index (χ0n) is 12.1. The fourth-order valence-electron chi connectivity index (χ4n) is 2.05. The summed E-state index contributed by atoms with van der Waals surface area (Å²) in [5.74, 6) is -0.0532. The van der Waals surface area contributed by atoms with Crippen LogP contribution in [0.2, 0.25) is 0 Å². The molecule has 0 amide bonds. The Kier molecular flexibility index (Phi) is 5.16. The highest BCUT2D eigenvalue weighted by atomic mass is 32.2. The molecule has 0 aliphatic heterocycles. The Hall–Kier alpha value is -1.21. The minimum absolute atomic E-state index is 0.0532. The molecule has 1 N–H and O–H groups in total. The van der Waals surface area contributed by atoms with Crippen LogP contribution in [0.15, 0.2) is 41.8 Å². The number of aliphatic hydroxyl groups is 1. The third kappa shape index (κ3) is 4.38. The Labute approximate surface area is 129 Å². The van der Waals surface area contributed by atoms with Crippen molar-refractivity contribution < 1.29 is 13.5 Å². The first-order chi connectivity index (χ1) is 9.88. The zero-order chi connectivity index (χ0) is 15.5. The standard InChI is InChI=1S/C15H19NO3S2/c1-12-5-3-6-13(9-12)11-21(18,19)16(2)10-14(17)15-7-4-8-20-15/h3-9,14,17H,10-11H2,1-2H3. The highest BCUT2D eigenvalue weighted by molar-refractivity contribution is 7.88. The molecule has 21 heavy (non-hydrogen) atoms. The maximum Gasteiger partial charge on any atom is 0.218 e. The largest absolute Gasteiger partial charge is 0.386 e. The second-order valence-electron chi connectivity index (χ2n) is 5.06. The van der Waals surface area contributed by atoms with E-state index >= 15 is 0 Å². The second-order valence-corrected chi connectivity index (χ2v) is 8.11. The van der Waals surface area contributed by atoms with E-state index in [-0.39, 0.29) is 12.3 Å². The van der Waals surface area contributed by atoms with Gasteiger partial charge in [-0.05, 0) is 23.9 Å². The van der Waals surface area contributed by atoms with Gasteiger partial charge in [0.15, 0.2) is 0 Å². The molecule has 0 aliphatic rings. The molecule has 1 unspecified atom stereocenters. The lowest BCUT2D eigenvalue weighted by atomic mass is 10.2. The minimum atomic E-state index is -3.44.